The van der Waals surface area contributed by atoms with Crippen LogP contribution >= 0.6 is 34.2 Å². The Kier molecular flexibility index (Phi) is 5.75. The molecule has 0 radical (unpaired) electrons. The highest BCUT2D eigenvalue weighted by atomic mass is 127. The number of rotatable bonds is 4. The van der Waals surface area contributed by atoms with Crippen molar-refractivity contribution < 1.29 is 0 Å². The maximum Gasteiger partial charge on any atom is 0.251 e. The number of benzene rings is 2. The van der Waals surface area contributed by atoms with Gasteiger partial charge in [-0.05, 0) is 70.1 Å². The van der Waals surface area contributed by atoms with Crippen LogP contribution in [0.5, 0.6) is 0 Å². The van der Waals surface area contributed by atoms with Crippen LogP contribution in [0.25, 0.3) is 22.2 Å². The Morgan fingerprint density at radius 3 is 2.47 bits per heavy atom. The van der Waals surface area contributed by atoms with E-state index in [0.29, 0.717) is 33.0 Å². The summed E-state index contributed by atoms with van der Waals surface area (Å²) >= 11 is 8.52. The molecule has 3 heterocycles. The van der Waals surface area contributed by atoms with Gasteiger partial charge < -0.3 is 10.3 Å². The second-order valence-corrected chi connectivity index (χ2v) is 9.77. The maximum absolute atomic E-state index is 12.7. The van der Waals surface area contributed by atoms with Crippen LogP contribution in [0, 0.1) is 3.57 Å². The number of hydrogen-bond acceptors (Lipinski definition) is 5. The molecule has 0 aliphatic carbocycles. The van der Waals surface area contributed by atoms with Gasteiger partial charge in [-0.2, -0.15) is 0 Å². The molecule has 0 saturated heterocycles. The van der Waals surface area contributed by atoms with Crippen LogP contribution in [0.4, 0.5) is 0 Å². The third-order valence-corrected chi connectivity index (χ3v) is 7.00. The Labute approximate surface area is 214 Å². The van der Waals surface area contributed by atoms with E-state index in [1.165, 1.54) is 0 Å². The fourth-order valence-corrected chi connectivity index (χ4v) is 4.76. The Balaban J connectivity index is 1.84. The number of nitrogens with two attached hydrogens (primary N) is 1. The smallest absolute Gasteiger partial charge is 0.251 e. The van der Waals surface area contributed by atoms with Crippen LogP contribution in [0.3, 0.4) is 0 Å². The molecule has 2 N–H and O–H groups in total. The average molecular weight is 583 g/mol. The molecule has 0 aliphatic rings. The molecule has 0 bridgehead atoms. The second-order valence-electron chi connectivity index (χ2n) is 8.09. The monoisotopic (exact) mass is 582 g/mol. The summed E-state index contributed by atoms with van der Waals surface area (Å²) in [6.07, 6.45) is 1.66. The van der Waals surface area contributed by atoms with E-state index in [1.54, 1.807) is 41.7 Å². The minimum absolute atomic E-state index is 0.135. The summed E-state index contributed by atoms with van der Waals surface area (Å²) in [5, 5.41) is 8.75. The van der Waals surface area contributed by atoms with Crippen molar-refractivity contribution in [2.24, 2.45) is 19.8 Å². The highest BCUT2D eigenvalue weighted by Crippen LogP contribution is 2.35. The van der Waals surface area contributed by atoms with Gasteiger partial charge in [-0.3, -0.25) is 4.79 Å². The Hall–Kier alpha value is -3.08. The molecule has 2 aromatic carbocycles. The molecule has 0 aliphatic heterocycles. The van der Waals surface area contributed by atoms with Crippen molar-refractivity contribution in [3.8, 4) is 11.1 Å². The zero-order valence-electron chi connectivity index (χ0n) is 18.4. The molecule has 170 valence electrons. The lowest BCUT2D eigenvalue weighted by molar-refractivity contribution is 0.551. The van der Waals surface area contributed by atoms with Crippen LogP contribution in [0.15, 0.2) is 77.7 Å². The number of aryl methyl sites for hydroxylation is 2. The second kappa shape index (κ2) is 8.61. The third-order valence-electron chi connectivity index (χ3n) is 6.05. The standard InChI is InChI=1S/C25H20ClIN6O/c1-32-20-10-11-21(30-24(20)19(13-23(32)34)15-4-3-5-17(26)12-15)25(28,22-14-29-31-33(22)2)16-6-8-18(27)9-7-16/h3-14H,28H2,1-2H3/t25-/m1/s1. The fourth-order valence-electron chi connectivity index (χ4n) is 4.21. The zero-order valence-corrected chi connectivity index (χ0v) is 21.3. The van der Waals surface area contributed by atoms with Gasteiger partial charge >= 0.3 is 0 Å². The topological polar surface area (TPSA) is 91.6 Å². The van der Waals surface area contributed by atoms with Gasteiger partial charge in [0.1, 0.15) is 5.54 Å². The van der Waals surface area contributed by atoms with E-state index < -0.39 is 5.54 Å². The molecule has 0 spiro atoms. The van der Waals surface area contributed by atoms with E-state index in [-0.39, 0.29) is 5.56 Å². The van der Waals surface area contributed by atoms with Gasteiger partial charge in [0.05, 0.1) is 28.6 Å². The SMILES string of the molecule is Cn1nncc1[C@@](N)(c1ccc(I)cc1)c1ccc2c(n1)c(-c1cccc(Cl)c1)cc(=O)n2C. The first-order valence-corrected chi connectivity index (χ1v) is 11.9. The van der Waals surface area contributed by atoms with Gasteiger partial charge in [-0.1, -0.05) is 41.1 Å². The number of aromatic nitrogens is 5. The molecule has 0 amide bonds. The van der Waals surface area contributed by atoms with Crippen molar-refractivity contribution >= 4 is 45.2 Å². The number of hydrogen-bond donors (Lipinski definition) is 1. The predicted octanol–water partition coefficient (Wildman–Crippen LogP) is 4.24. The molecule has 1 atom stereocenters. The van der Waals surface area contributed by atoms with E-state index in [4.69, 9.17) is 22.3 Å². The third kappa shape index (κ3) is 3.71. The molecule has 9 heteroatoms. The van der Waals surface area contributed by atoms with E-state index in [1.807, 2.05) is 54.6 Å². The number of nitrogens with zero attached hydrogens (tertiary/aromatic N) is 5. The van der Waals surface area contributed by atoms with Crippen LogP contribution in [-0.4, -0.2) is 24.5 Å². The Bertz CT molecular complexity index is 1590. The van der Waals surface area contributed by atoms with Crippen molar-refractivity contribution in [2.75, 3.05) is 0 Å². The summed E-state index contributed by atoms with van der Waals surface area (Å²) in [7, 11) is 3.53. The summed E-state index contributed by atoms with van der Waals surface area (Å²) in [6.45, 7) is 0. The molecule has 7 nitrogen and oxygen atoms in total. The van der Waals surface area contributed by atoms with Gasteiger partial charge in [0.25, 0.3) is 5.56 Å². The summed E-state index contributed by atoms with van der Waals surface area (Å²) < 4.78 is 4.33. The van der Waals surface area contributed by atoms with Crippen molar-refractivity contribution in [1.82, 2.24) is 24.5 Å². The van der Waals surface area contributed by atoms with Crippen molar-refractivity contribution in [3.05, 3.63) is 109 Å². The van der Waals surface area contributed by atoms with Crippen LogP contribution < -0.4 is 11.3 Å². The highest BCUT2D eigenvalue weighted by molar-refractivity contribution is 14.1. The van der Waals surface area contributed by atoms with Crippen molar-refractivity contribution in [2.45, 2.75) is 5.54 Å². The lowest BCUT2D eigenvalue weighted by Crippen LogP contribution is -2.42. The lowest BCUT2D eigenvalue weighted by Gasteiger charge is -2.30. The molecule has 0 saturated carbocycles. The van der Waals surface area contributed by atoms with Crippen LogP contribution in [0.1, 0.15) is 17.0 Å². The largest absolute Gasteiger partial charge is 0.311 e. The van der Waals surface area contributed by atoms with Crippen molar-refractivity contribution in [1.29, 1.82) is 0 Å². The molecule has 0 fully saturated rings. The quantitative estimate of drug-likeness (QED) is 0.320. The lowest BCUT2D eigenvalue weighted by atomic mass is 9.84. The van der Waals surface area contributed by atoms with Gasteiger partial charge in [0, 0.05) is 34.3 Å². The Morgan fingerprint density at radius 1 is 1.03 bits per heavy atom. The number of fused-ring (bicyclic) bond motifs is 1. The van der Waals surface area contributed by atoms with Gasteiger partial charge in [-0.15, -0.1) is 5.10 Å². The summed E-state index contributed by atoms with van der Waals surface area (Å²) in [5.74, 6) is 0. The summed E-state index contributed by atoms with van der Waals surface area (Å²) in [5.41, 5.74) is 10.9. The number of pyridine rings is 2. The van der Waals surface area contributed by atoms with E-state index in [0.717, 1.165) is 14.7 Å². The molecule has 5 rings (SSSR count). The molecule has 3 aromatic heterocycles. The van der Waals surface area contributed by atoms with Crippen LogP contribution in [0.2, 0.25) is 5.02 Å². The first-order chi connectivity index (χ1) is 16.3. The minimum atomic E-state index is -1.13. The Morgan fingerprint density at radius 2 is 1.79 bits per heavy atom. The first kappa shape index (κ1) is 22.7. The van der Waals surface area contributed by atoms with E-state index >= 15 is 0 Å². The van der Waals surface area contributed by atoms with Crippen molar-refractivity contribution in [3.63, 3.8) is 0 Å². The molecular formula is C25H20ClIN6O. The van der Waals surface area contributed by atoms with Gasteiger partial charge in [0.15, 0.2) is 0 Å². The molecular weight excluding hydrogens is 563 g/mol. The predicted molar refractivity (Wildman–Crippen MR) is 142 cm³/mol. The van der Waals surface area contributed by atoms with Gasteiger partial charge in [-0.25, -0.2) is 9.67 Å². The average Bonchev–Trinajstić information content (AvgIpc) is 3.27. The minimum Gasteiger partial charge on any atom is -0.311 e. The van der Waals surface area contributed by atoms with Crippen LogP contribution in [-0.2, 0) is 19.6 Å². The molecule has 5 aromatic rings. The molecule has 34 heavy (non-hydrogen) atoms. The molecule has 0 unspecified atom stereocenters. The summed E-state index contributed by atoms with van der Waals surface area (Å²) in [6, 6.07) is 20.7. The van der Waals surface area contributed by atoms with E-state index in [9.17, 15) is 4.79 Å². The first-order valence-electron chi connectivity index (χ1n) is 10.5. The normalized spacial score (nSPS) is 13.2. The highest BCUT2D eigenvalue weighted by Gasteiger charge is 2.37. The van der Waals surface area contributed by atoms with E-state index in [2.05, 4.69) is 32.9 Å². The fraction of sp³-hybridized carbons (Fsp3) is 0.120. The number of halogens is 2. The maximum atomic E-state index is 12.7. The van der Waals surface area contributed by atoms with Gasteiger partial charge in [0.2, 0.25) is 0 Å². The summed E-state index contributed by atoms with van der Waals surface area (Å²) in [4.78, 5) is 17.8. The zero-order chi connectivity index (χ0) is 24.0.